The SMILES string of the molecule is Cc1ccc(/C=C/c2ccc3c4cc5c(cc4n(C)c3c2)c2ccc(C#Cc3ccc4c6cc7c(cc6n(C)c4c3)c3ccc(/C=C/c4ccc(C)cc4)cc3n7C)cc2n5C)cc1. The molecule has 0 radical (unpaired) electrons. The second kappa shape index (κ2) is 14.3. The largest absolute Gasteiger partial charge is 0.344 e. The lowest BCUT2D eigenvalue weighted by atomic mass is 10.1. The number of aryl methyl sites for hydroxylation is 6. The van der Waals surface area contributed by atoms with Crippen LogP contribution in [0.3, 0.4) is 0 Å². The van der Waals surface area contributed by atoms with E-state index >= 15 is 0 Å². The Hall–Kier alpha value is -8.00. The fourth-order valence-electron chi connectivity index (χ4n) is 10.1. The highest BCUT2D eigenvalue weighted by Gasteiger charge is 2.17. The summed E-state index contributed by atoms with van der Waals surface area (Å²) in [5.41, 5.74) is 19.1. The van der Waals surface area contributed by atoms with Crippen molar-refractivity contribution in [1.29, 1.82) is 0 Å². The third-order valence-electron chi connectivity index (χ3n) is 13.8. The number of hydrogen-bond acceptors (Lipinski definition) is 0. The topological polar surface area (TPSA) is 19.7 Å². The maximum atomic E-state index is 3.52. The van der Waals surface area contributed by atoms with Crippen LogP contribution in [0.1, 0.15) is 44.5 Å². The zero-order chi connectivity index (χ0) is 43.4. The zero-order valence-electron chi connectivity index (χ0n) is 37.0. The maximum Gasteiger partial charge on any atom is 0.0501 e. The minimum atomic E-state index is 1.00. The minimum Gasteiger partial charge on any atom is -0.344 e. The second-order valence-corrected chi connectivity index (χ2v) is 17.8. The molecule has 0 spiro atoms. The molecule has 12 aromatic rings. The summed E-state index contributed by atoms with van der Waals surface area (Å²) in [6.45, 7) is 4.25. The van der Waals surface area contributed by atoms with Crippen molar-refractivity contribution in [3.05, 3.63) is 190 Å². The zero-order valence-corrected chi connectivity index (χ0v) is 37.0. The van der Waals surface area contributed by atoms with Gasteiger partial charge in [0.15, 0.2) is 0 Å². The lowest BCUT2D eigenvalue weighted by Gasteiger charge is -2.00. The number of aromatic nitrogens is 4. The molecule has 64 heavy (non-hydrogen) atoms. The van der Waals surface area contributed by atoms with Crippen LogP contribution < -0.4 is 0 Å². The van der Waals surface area contributed by atoms with Crippen LogP contribution in [-0.2, 0) is 28.2 Å². The van der Waals surface area contributed by atoms with Gasteiger partial charge in [0.05, 0.1) is 11.0 Å². The second-order valence-electron chi connectivity index (χ2n) is 17.8. The summed E-state index contributed by atoms with van der Waals surface area (Å²) in [6, 6.07) is 53.7. The Bertz CT molecular complexity index is 3790. The molecule has 0 amide bonds. The fraction of sp³-hybridized carbons (Fsp3) is 0.100. The average Bonchev–Trinajstić information content (AvgIpc) is 3.96. The van der Waals surface area contributed by atoms with Crippen molar-refractivity contribution in [2.24, 2.45) is 28.2 Å². The van der Waals surface area contributed by atoms with Gasteiger partial charge in [0, 0.05) is 116 Å². The third-order valence-corrected chi connectivity index (χ3v) is 13.8. The van der Waals surface area contributed by atoms with Crippen molar-refractivity contribution >= 4 is 112 Å². The molecule has 4 heteroatoms. The molecule has 0 atom stereocenters. The van der Waals surface area contributed by atoms with E-state index in [1.165, 1.54) is 121 Å². The Morgan fingerprint density at radius 2 is 0.547 bits per heavy atom. The number of hydrogen-bond donors (Lipinski definition) is 0. The molecule has 0 N–H and O–H groups in total. The minimum absolute atomic E-state index is 1.00. The van der Waals surface area contributed by atoms with Crippen molar-refractivity contribution in [2.45, 2.75) is 13.8 Å². The highest BCUT2D eigenvalue weighted by molar-refractivity contribution is 6.19. The van der Waals surface area contributed by atoms with Gasteiger partial charge in [-0.15, -0.1) is 0 Å². The van der Waals surface area contributed by atoms with Crippen LogP contribution in [0, 0.1) is 25.7 Å². The molecule has 4 nitrogen and oxygen atoms in total. The molecule has 0 saturated heterocycles. The fourth-order valence-corrected chi connectivity index (χ4v) is 10.1. The lowest BCUT2D eigenvalue weighted by Crippen LogP contribution is -1.88. The first-order valence-electron chi connectivity index (χ1n) is 22.1. The van der Waals surface area contributed by atoms with Gasteiger partial charge in [0.2, 0.25) is 0 Å². The Labute approximate surface area is 372 Å². The molecule has 4 aromatic heterocycles. The smallest absolute Gasteiger partial charge is 0.0501 e. The van der Waals surface area contributed by atoms with Gasteiger partial charge in [-0.2, -0.15) is 0 Å². The van der Waals surface area contributed by atoms with Crippen molar-refractivity contribution in [2.75, 3.05) is 0 Å². The van der Waals surface area contributed by atoms with Crippen molar-refractivity contribution < 1.29 is 0 Å². The molecular formula is C60H46N4. The first-order chi connectivity index (χ1) is 31.1. The predicted octanol–water partition coefficient (Wildman–Crippen LogP) is 14.6. The number of benzene rings is 8. The van der Waals surface area contributed by atoms with Gasteiger partial charge in [0.1, 0.15) is 0 Å². The third kappa shape index (κ3) is 6.00. The van der Waals surface area contributed by atoms with E-state index in [0.717, 1.165) is 11.1 Å². The highest BCUT2D eigenvalue weighted by atomic mass is 15.0. The van der Waals surface area contributed by atoms with E-state index in [0.29, 0.717) is 0 Å². The van der Waals surface area contributed by atoms with Crippen LogP contribution >= 0.6 is 0 Å². The summed E-state index contributed by atoms with van der Waals surface area (Å²) in [5.74, 6) is 7.03. The molecule has 0 unspecified atom stereocenters. The molecular weight excluding hydrogens is 777 g/mol. The van der Waals surface area contributed by atoms with E-state index in [1.807, 2.05) is 0 Å². The van der Waals surface area contributed by atoms with E-state index < -0.39 is 0 Å². The van der Waals surface area contributed by atoms with Crippen molar-refractivity contribution in [3.63, 3.8) is 0 Å². The summed E-state index contributed by atoms with van der Waals surface area (Å²) in [7, 11) is 8.72. The van der Waals surface area contributed by atoms with Gasteiger partial charge in [-0.25, -0.2) is 0 Å². The number of fused-ring (bicyclic) bond motifs is 12. The molecule has 0 aliphatic heterocycles. The number of rotatable bonds is 4. The van der Waals surface area contributed by atoms with Crippen molar-refractivity contribution in [3.8, 4) is 11.8 Å². The molecule has 0 saturated carbocycles. The quantitative estimate of drug-likeness (QED) is 0.124. The Kier molecular flexibility index (Phi) is 8.42. The van der Waals surface area contributed by atoms with Crippen LogP contribution in [0.2, 0.25) is 0 Å². The first kappa shape index (κ1) is 37.7. The standard InChI is InChI=1S/C60H46N4/c1-37-7-11-39(12-8-37)15-17-41-21-25-45-49-33-59-51(35-57(49)61(3)53(45)29-41)47-27-23-43(31-55(47)63(59)5)19-20-44-24-28-48-52-36-58-50(34-60(52)64(6)56(48)32-44)46-26-22-42(30-54(46)62(58)4)18-16-40-13-9-38(2)10-14-40/h7-18,21-36H,1-6H3/b17-15+,18-16+. The summed E-state index contributed by atoms with van der Waals surface area (Å²) in [4.78, 5) is 0. The molecule has 12 rings (SSSR count). The summed E-state index contributed by atoms with van der Waals surface area (Å²) in [6.07, 6.45) is 8.79. The highest BCUT2D eigenvalue weighted by Crippen LogP contribution is 2.39. The average molecular weight is 823 g/mol. The van der Waals surface area contributed by atoms with Gasteiger partial charge in [-0.05, 0) is 96.8 Å². The molecule has 0 aliphatic carbocycles. The maximum absolute atomic E-state index is 3.52. The van der Waals surface area contributed by atoms with Crippen molar-refractivity contribution in [1.82, 2.24) is 18.3 Å². The summed E-state index contributed by atoms with van der Waals surface area (Å²) < 4.78 is 9.32. The Morgan fingerprint density at radius 3 is 0.891 bits per heavy atom. The summed E-state index contributed by atoms with van der Waals surface area (Å²) in [5, 5.41) is 10.1. The lowest BCUT2D eigenvalue weighted by molar-refractivity contribution is 1.01. The number of nitrogens with zero attached hydrogens (tertiary/aromatic N) is 4. The van der Waals surface area contributed by atoms with Gasteiger partial charge < -0.3 is 18.3 Å². The van der Waals surface area contributed by atoms with Gasteiger partial charge in [-0.1, -0.05) is 132 Å². The van der Waals surface area contributed by atoms with E-state index in [2.05, 4.69) is 242 Å². The Balaban J connectivity index is 0.858. The first-order valence-corrected chi connectivity index (χ1v) is 22.1. The monoisotopic (exact) mass is 822 g/mol. The van der Waals surface area contributed by atoms with E-state index in [9.17, 15) is 0 Å². The van der Waals surface area contributed by atoms with E-state index in [1.54, 1.807) is 0 Å². The van der Waals surface area contributed by atoms with Gasteiger partial charge >= 0.3 is 0 Å². The molecule has 0 aliphatic rings. The molecule has 8 aromatic carbocycles. The van der Waals surface area contributed by atoms with E-state index in [4.69, 9.17) is 0 Å². The molecule has 0 fully saturated rings. The predicted molar refractivity (Wildman–Crippen MR) is 275 cm³/mol. The normalized spacial score (nSPS) is 12.3. The molecule has 0 bridgehead atoms. The van der Waals surface area contributed by atoms with Gasteiger partial charge in [0.25, 0.3) is 0 Å². The van der Waals surface area contributed by atoms with Crippen LogP contribution in [0.15, 0.2) is 146 Å². The van der Waals surface area contributed by atoms with Gasteiger partial charge in [-0.3, -0.25) is 0 Å². The summed E-state index contributed by atoms with van der Waals surface area (Å²) >= 11 is 0. The van der Waals surface area contributed by atoms with Crippen LogP contribution in [0.4, 0.5) is 0 Å². The molecule has 306 valence electrons. The van der Waals surface area contributed by atoms with Crippen LogP contribution in [0.25, 0.3) is 112 Å². The molecule has 4 heterocycles. The Morgan fingerprint density at radius 1 is 0.281 bits per heavy atom. The van der Waals surface area contributed by atoms with Crippen LogP contribution in [0.5, 0.6) is 0 Å². The van der Waals surface area contributed by atoms with Crippen LogP contribution in [-0.4, -0.2) is 18.3 Å². The van der Waals surface area contributed by atoms with E-state index in [-0.39, 0.29) is 0 Å².